The molecule has 22 heavy (non-hydrogen) atoms. The summed E-state index contributed by atoms with van der Waals surface area (Å²) in [4.78, 5) is 16.1. The van der Waals surface area contributed by atoms with Gasteiger partial charge in [-0.25, -0.2) is 0 Å². The molecule has 1 aromatic carbocycles. The Morgan fingerprint density at radius 2 is 2.18 bits per heavy atom. The van der Waals surface area contributed by atoms with Gasteiger partial charge in [-0.3, -0.25) is 4.79 Å². The lowest BCUT2D eigenvalue weighted by Gasteiger charge is -2.35. The summed E-state index contributed by atoms with van der Waals surface area (Å²) in [6.45, 7) is 3.50. The number of carbonyl (C=O) groups excluding carboxylic acids is 1. The summed E-state index contributed by atoms with van der Waals surface area (Å²) in [5.74, 6) is -0.105. The molecule has 1 saturated heterocycles. The second-order valence-electron chi connectivity index (χ2n) is 5.25. The van der Waals surface area contributed by atoms with Crippen LogP contribution < -0.4 is 5.73 Å². The Morgan fingerprint density at radius 1 is 1.41 bits per heavy atom. The van der Waals surface area contributed by atoms with E-state index in [9.17, 15) is 4.79 Å². The topological polar surface area (TPSA) is 86.3 Å². The van der Waals surface area contributed by atoms with Gasteiger partial charge in [-0.1, -0.05) is 11.6 Å². The maximum absolute atomic E-state index is 13.0. The average Bonchev–Trinajstić information content (AvgIpc) is 3.08. The SMILES string of the molecule is Cc1ccc(-n2nccn2)c(C(=O)N2CCCOC2CN)c1. The van der Waals surface area contributed by atoms with Gasteiger partial charge in [-0.2, -0.15) is 15.0 Å². The van der Waals surface area contributed by atoms with Crippen LogP contribution in [0.2, 0.25) is 0 Å². The van der Waals surface area contributed by atoms with E-state index >= 15 is 0 Å². The molecule has 1 fully saturated rings. The molecule has 0 saturated carbocycles. The number of hydrogen-bond donors (Lipinski definition) is 1. The number of hydrogen-bond acceptors (Lipinski definition) is 5. The number of nitrogens with two attached hydrogens (primary N) is 1. The van der Waals surface area contributed by atoms with Crippen LogP contribution in [-0.4, -0.2) is 51.7 Å². The molecule has 7 heteroatoms. The van der Waals surface area contributed by atoms with Crippen molar-refractivity contribution in [1.29, 1.82) is 0 Å². The number of nitrogens with zero attached hydrogens (tertiary/aromatic N) is 4. The summed E-state index contributed by atoms with van der Waals surface area (Å²) in [5.41, 5.74) is 7.93. The molecule has 0 aliphatic carbocycles. The van der Waals surface area contributed by atoms with E-state index in [0.717, 1.165) is 12.0 Å². The van der Waals surface area contributed by atoms with Gasteiger partial charge in [0.05, 0.1) is 30.3 Å². The molecule has 0 spiro atoms. The Labute approximate surface area is 128 Å². The van der Waals surface area contributed by atoms with E-state index in [1.807, 2.05) is 25.1 Å². The summed E-state index contributed by atoms with van der Waals surface area (Å²) in [5, 5.41) is 8.24. The molecule has 1 unspecified atom stereocenters. The van der Waals surface area contributed by atoms with Gasteiger partial charge >= 0.3 is 0 Å². The smallest absolute Gasteiger partial charge is 0.258 e. The first-order valence-electron chi connectivity index (χ1n) is 7.30. The molecule has 2 heterocycles. The maximum Gasteiger partial charge on any atom is 0.258 e. The van der Waals surface area contributed by atoms with Gasteiger partial charge < -0.3 is 15.4 Å². The summed E-state index contributed by atoms with van der Waals surface area (Å²) in [6.07, 6.45) is 3.60. The average molecular weight is 301 g/mol. The van der Waals surface area contributed by atoms with Crippen LogP contribution in [0.5, 0.6) is 0 Å². The van der Waals surface area contributed by atoms with Crippen LogP contribution in [0.4, 0.5) is 0 Å². The van der Waals surface area contributed by atoms with E-state index in [1.54, 1.807) is 17.3 Å². The van der Waals surface area contributed by atoms with Crippen molar-refractivity contribution in [3.8, 4) is 5.69 Å². The van der Waals surface area contributed by atoms with Gasteiger partial charge in [0.15, 0.2) is 0 Å². The van der Waals surface area contributed by atoms with Crippen LogP contribution in [0.15, 0.2) is 30.6 Å². The number of aromatic nitrogens is 3. The molecule has 1 amide bonds. The van der Waals surface area contributed by atoms with Gasteiger partial charge in [0.1, 0.15) is 6.23 Å². The van der Waals surface area contributed by atoms with E-state index in [1.165, 1.54) is 4.80 Å². The number of ether oxygens (including phenoxy) is 1. The fraction of sp³-hybridized carbons (Fsp3) is 0.400. The quantitative estimate of drug-likeness (QED) is 0.903. The van der Waals surface area contributed by atoms with Crippen LogP contribution >= 0.6 is 0 Å². The Kier molecular flexibility index (Phi) is 4.17. The van der Waals surface area contributed by atoms with Crippen molar-refractivity contribution in [3.63, 3.8) is 0 Å². The van der Waals surface area contributed by atoms with E-state index < -0.39 is 0 Å². The highest BCUT2D eigenvalue weighted by Gasteiger charge is 2.29. The first-order chi connectivity index (χ1) is 10.7. The van der Waals surface area contributed by atoms with E-state index in [-0.39, 0.29) is 18.7 Å². The van der Waals surface area contributed by atoms with Crippen LogP contribution in [-0.2, 0) is 4.74 Å². The first-order valence-corrected chi connectivity index (χ1v) is 7.30. The Bertz CT molecular complexity index is 656. The van der Waals surface area contributed by atoms with E-state index in [2.05, 4.69) is 10.2 Å². The minimum Gasteiger partial charge on any atom is -0.357 e. The number of rotatable bonds is 3. The van der Waals surface area contributed by atoms with Gasteiger partial charge in [0.2, 0.25) is 0 Å². The van der Waals surface area contributed by atoms with Crippen molar-refractivity contribution in [2.75, 3.05) is 19.7 Å². The summed E-state index contributed by atoms with van der Waals surface area (Å²) < 4.78 is 5.59. The largest absolute Gasteiger partial charge is 0.357 e. The minimum absolute atomic E-state index is 0.105. The molecule has 7 nitrogen and oxygen atoms in total. The van der Waals surface area contributed by atoms with Crippen LogP contribution in [0, 0.1) is 6.92 Å². The molecular formula is C15H19N5O2. The third-order valence-corrected chi connectivity index (χ3v) is 3.68. The van der Waals surface area contributed by atoms with Gasteiger partial charge in [0.25, 0.3) is 5.91 Å². The monoisotopic (exact) mass is 301 g/mol. The second-order valence-corrected chi connectivity index (χ2v) is 5.25. The zero-order valence-corrected chi connectivity index (χ0v) is 12.5. The zero-order chi connectivity index (χ0) is 15.5. The van der Waals surface area contributed by atoms with E-state index in [4.69, 9.17) is 10.5 Å². The van der Waals surface area contributed by atoms with Crippen molar-refractivity contribution >= 4 is 5.91 Å². The highest BCUT2D eigenvalue weighted by atomic mass is 16.5. The minimum atomic E-state index is -0.375. The number of amides is 1. The summed E-state index contributed by atoms with van der Waals surface area (Å²) in [6, 6.07) is 5.64. The van der Waals surface area contributed by atoms with Crippen molar-refractivity contribution < 1.29 is 9.53 Å². The van der Waals surface area contributed by atoms with Crippen LogP contribution in [0.1, 0.15) is 22.3 Å². The highest BCUT2D eigenvalue weighted by Crippen LogP contribution is 2.20. The Morgan fingerprint density at radius 3 is 2.91 bits per heavy atom. The third-order valence-electron chi connectivity index (χ3n) is 3.68. The van der Waals surface area contributed by atoms with Crippen LogP contribution in [0.25, 0.3) is 5.69 Å². The molecule has 1 atom stereocenters. The molecule has 0 radical (unpaired) electrons. The molecule has 2 N–H and O–H groups in total. The number of aryl methyl sites for hydroxylation is 1. The lowest BCUT2D eigenvalue weighted by molar-refractivity contribution is -0.0712. The molecular weight excluding hydrogens is 282 g/mol. The molecule has 0 bridgehead atoms. The second kappa shape index (κ2) is 6.25. The molecule has 1 aliphatic rings. The predicted octanol–water partition coefficient (Wildman–Crippen LogP) is 0.723. The summed E-state index contributed by atoms with van der Waals surface area (Å²) >= 11 is 0. The lowest BCUT2D eigenvalue weighted by atomic mass is 10.1. The Balaban J connectivity index is 1.99. The maximum atomic E-state index is 13.0. The fourth-order valence-corrected chi connectivity index (χ4v) is 2.61. The summed E-state index contributed by atoms with van der Waals surface area (Å²) in [7, 11) is 0. The number of benzene rings is 1. The van der Waals surface area contributed by atoms with Gasteiger partial charge in [0, 0.05) is 13.1 Å². The normalized spacial score (nSPS) is 18.5. The molecule has 1 aromatic heterocycles. The van der Waals surface area contributed by atoms with Crippen LogP contribution in [0.3, 0.4) is 0 Å². The molecule has 2 aromatic rings. The molecule has 116 valence electrons. The first kappa shape index (κ1) is 14.7. The van der Waals surface area contributed by atoms with Gasteiger partial charge in [-0.15, -0.1) is 0 Å². The molecule has 3 rings (SSSR count). The molecule has 1 aliphatic heterocycles. The third kappa shape index (κ3) is 2.72. The highest BCUT2D eigenvalue weighted by molar-refractivity contribution is 5.98. The number of carbonyl (C=O) groups is 1. The zero-order valence-electron chi connectivity index (χ0n) is 12.5. The standard InChI is InChI=1S/C15H19N5O2/c1-11-3-4-13(20-17-5-6-18-20)12(9-11)15(21)19-7-2-8-22-14(19)10-16/h3-6,9,14H,2,7-8,10,16H2,1H3. The van der Waals surface area contributed by atoms with E-state index in [0.29, 0.717) is 24.4 Å². The van der Waals surface area contributed by atoms with Crippen molar-refractivity contribution in [2.45, 2.75) is 19.6 Å². The lowest BCUT2D eigenvalue weighted by Crippen LogP contribution is -2.50. The Hall–Kier alpha value is -2.25. The fourth-order valence-electron chi connectivity index (χ4n) is 2.61. The predicted molar refractivity (Wildman–Crippen MR) is 80.5 cm³/mol. The van der Waals surface area contributed by atoms with Crippen molar-refractivity contribution in [1.82, 2.24) is 19.9 Å². The van der Waals surface area contributed by atoms with Crippen molar-refractivity contribution in [3.05, 3.63) is 41.7 Å². The van der Waals surface area contributed by atoms with Crippen molar-refractivity contribution in [2.24, 2.45) is 5.73 Å². The van der Waals surface area contributed by atoms with Gasteiger partial charge in [-0.05, 0) is 25.5 Å².